The molecule has 8 aliphatic rings. The van der Waals surface area contributed by atoms with Crippen LogP contribution in [-0.2, 0) is 19.1 Å². The molecular formula is C98H163F2N9O9. The fourth-order valence-electron chi connectivity index (χ4n) is 16.1. The SMILES string of the molecule is CC(C)CN1CCC(OC2CC(NC(C)C)C2)CC1.CC(C)NC1CC(OC2CCN(CC(=O)C(C)C)CC2)C1.CC(C)NC1CC(Oc2cc(C(C)C)ccn2)C1.CC(C)NC1CC(Oc2cc(F)cc(C(C)C)c2)C1.CC(C)NC1CC(Oc2cc(F)cc(OCC(=O)C(C)C)c2)C1.CC(C)NC1CC(Oc2cccc(C(C)C)c2)C1. The van der Waals surface area contributed by atoms with E-state index in [2.05, 4.69) is 222 Å². The molecule has 4 aromatic rings. The quantitative estimate of drug-likeness (QED) is 0.0252. The minimum Gasteiger partial charge on any atom is -0.490 e. The molecule has 6 N–H and O–H groups in total. The maximum Gasteiger partial charge on any atom is 0.213 e. The average Bonchev–Trinajstić information content (AvgIpc) is 0.877. The number of likely N-dealkylation sites (tertiary alicyclic amines) is 2. The highest BCUT2D eigenvalue weighted by Gasteiger charge is 2.38. The number of hydrogen-bond donors (Lipinski definition) is 6. The Kier molecular flexibility index (Phi) is 42.6. The molecule has 3 aromatic carbocycles. The van der Waals surface area contributed by atoms with Crippen LogP contribution in [0.3, 0.4) is 0 Å². The predicted molar refractivity (Wildman–Crippen MR) is 480 cm³/mol. The number of ether oxygens (including phenoxy) is 7. The van der Waals surface area contributed by atoms with Crippen LogP contribution < -0.4 is 55.6 Å². The lowest BCUT2D eigenvalue weighted by atomic mass is 9.88. The number of carbonyl (C=O) groups excluding carboxylic acids is 2. The van der Waals surface area contributed by atoms with Gasteiger partial charge in [-0.05, 0) is 173 Å². The van der Waals surface area contributed by atoms with E-state index in [0.717, 1.165) is 113 Å². The van der Waals surface area contributed by atoms with Gasteiger partial charge in [-0.3, -0.25) is 14.5 Å². The van der Waals surface area contributed by atoms with Gasteiger partial charge in [-0.25, -0.2) is 13.8 Å². The fraction of sp³-hybridized carbons (Fsp3) is 0.745. The van der Waals surface area contributed by atoms with Crippen molar-refractivity contribution in [1.29, 1.82) is 0 Å². The largest absolute Gasteiger partial charge is 0.490 e. The summed E-state index contributed by atoms with van der Waals surface area (Å²) in [4.78, 5) is 32.5. The molecule has 0 bridgehead atoms. The van der Waals surface area contributed by atoms with Gasteiger partial charge in [0.2, 0.25) is 5.88 Å². The molecule has 3 heterocycles. The standard InChI is InChI=1S/C18H26FNO3.C17H32N2O2.C16H24FNO.C16H32N2O.C16H25NO.C15H24N2O/c1-11(2)18(21)10-22-15-5-13(19)6-16(9-15)23-17-7-14(8-17)20-12(3)4;1-12(2)17(20)11-19-7-5-15(6-8-19)21-16-9-14(10-16)18-13(3)4;1-10(2)12-5-13(17)7-15(6-12)19-16-8-14(9-16)18-11(3)4;1-12(2)11-18-7-5-15(6-8-18)19-16-9-14(10-16)17-13(3)4;1-11(2)13-6-5-7-15(8-13)18-16-9-14(10-16)17-12(3)4;1-10(2)12-5-6-16-15(7-12)18-14-8-13(9-14)17-11(3)4/h5-6,9,11-12,14,17,20H,7-8,10H2,1-4H3;12-16,18H,5-11H2,1-4H3;5-7,10-11,14,16,18H,8-9H2,1-4H3;12-17H,5-11H2,1-4H3;5-8,11-12,14,16-17H,9-10H2,1-4H3;5-7,10-11,13-14,17H,8-9H2,1-4H3. The number of nitrogens with zero attached hydrogens (tertiary/aromatic N) is 3. The number of ketones is 2. The number of halogens is 2. The molecule has 2 saturated heterocycles. The molecule has 6 aliphatic carbocycles. The van der Waals surface area contributed by atoms with Gasteiger partial charge >= 0.3 is 0 Å². The summed E-state index contributed by atoms with van der Waals surface area (Å²) in [6, 6.07) is 28.8. The highest BCUT2D eigenvalue weighted by atomic mass is 19.1. The molecule has 0 radical (unpaired) electrons. The zero-order valence-electron chi connectivity index (χ0n) is 77.6. The monoisotopic (exact) mass is 1650 g/mol. The third kappa shape index (κ3) is 37.8. The van der Waals surface area contributed by atoms with Crippen LogP contribution in [0.2, 0.25) is 0 Å². The van der Waals surface area contributed by atoms with Crippen LogP contribution in [0.4, 0.5) is 8.78 Å². The van der Waals surface area contributed by atoms with Gasteiger partial charge in [0, 0.05) is 154 Å². The third-order valence-electron chi connectivity index (χ3n) is 23.0. The van der Waals surface area contributed by atoms with Gasteiger partial charge in [-0.15, -0.1) is 0 Å². The first-order chi connectivity index (χ1) is 55.8. The molecule has 6 saturated carbocycles. The first kappa shape index (κ1) is 99.7. The van der Waals surface area contributed by atoms with E-state index in [1.807, 2.05) is 40.0 Å². The minimum absolute atomic E-state index is 0.0154. The molecule has 118 heavy (non-hydrogen) atoms. The maximum atomic E-state index is 13.7. The summed E-state index contributed by atoms with van der Waals surface area (Å²) in [6.45, 7) is 57.5. The third-order valence-corrected chi connectivity index (χ3v) is 23.0. The van der Waals surface area contributed by atoms with Crippen molar-refractivity contribution in [1.82, 2.24) is 46.7 Å². The van der Waals surface area contributed by atoms with E-state index in [1.54, 1.807) is 12.1 Å². The van der Waals surface area contributed by atoms with E-state index in [4.69, 9.17) is 33.2 Å². The van der Waals surface area contributed by atoms with Crippen molar-refractivity contribution in [3.63, 3.8) is 0 Å². The normalized spacial score (nSPS) is 24.6. The van der Waals surface area contributed by atoms with E-state index in [0.29, 0.717) is 156 Å². The van der Waals surface area contributed by atoms with Gasteiger partial charge < -0.3 is 70.0 Å². The van der Waals surface area contributed by atoms with Gasteiger partial charge in [0.15, 0.2) is 5.78 Å². The molecule has 668 valence electrons. The van der Waals surface area contributed by atoms with Gasteiger partial charge in [0.05, 0.1) is 31.0 Å². The molecule has 0 amide bonds. The highest BCUT2D eigenvalue weighted by Crippen LogP contribution is 2.35. The number of nitrogens with one attached hydrogen (secondary N) is 6. The highest BCUT2D eigenvalue weighted by molar-refractivity contribution is 5.82. The Hall–Kier alpha value is -5.39. The summed E-state index contributed by atoms with van der Waals surface area (Å²) in [5.74, 6) is 5.17. The summed E-state index contributed by atoms with van der Waals surface area (Å²) in [7, 11) is 0. The Balaban J connectivity index is 0.000000196. The van der Waals surface area contributed by atoms with Gasteiger partial charge in [0.25, 0.3) is 0 Å². The number of aromatic nitrogens is 1. The van der Waals surface area contributed by atoms with Crippen LogP contribution in [0.5, 0.6) is 28.9 Å². The summed E-state index contributed by atoms with van der Waals surface area (Å²) in [5.41, 5.74) is 3.63. The molecule has 12 rings (SSSR count). The molecule has 0 spiro atoms. The zero-order valence-corrected chi connectivity index (χ0v) is 77.6. The van der Waals surface area contributed by atoms with E-state index in [1.165, 1.54) is 74.6 Å². The molecule has 18 nitrogen and oxygen atoms in total. The Morgan fingerprint density at radius 1 is 0.373 bits per heavy atom. The van der Waals surface area contributed by atoms with Crippen molar-refractivity contribution in [2.45, 2.75) is 408 Å². The predicted octanol–water partition coefficient (Wildman–Crippen LogP) is 18.9. The maximum absolute atomic E-state index is 13.7. The summed E-state index contributed by atoms with van der Waals surface area (Å²) >= 11 is 0. The topological polar surface area (TPSA) is 190 Å². The Morgan fingerprint density at radius 3 is 1.11 bits per heavy atom. The molecular weight excluding hydrogens is 1490 g/mol. The lowest BCUT2D eigenvalue weighted by molar-refractivity contribution is -0.125. The van der Waals surface area contributed by atoms with Crippen LogP contribution in [0.15, 0.2) is 79.0 Å². The second kappa shape index (κ2) is 50.4. The Bertz CT molecular complexity index is 3390. The van der Waals surface area contributed by atoms with Crippen LogP contribution >= 0.6 is 0 Å². The molecule has 0 unspecified atom stereocenters. The van der Waals surface area contributed by atoms with Crippen molar-refractivity contribution in [3.05, 3.63) is 107 Å². The second-order valence-electron chi connectivity index (χ2n) is 39.1. The number of carbonyl (C=O) groups is 2. The second-order valence-corrected chi connectivity index (χ2v) is 39.1. The first-order valence-corrected chi connectivity index (χ1v) is 46.2. The summed E-state index contributed by atoms with van der Waals surface area (Å²) < 4.78 is 68.5. The fourth-order valence-corrected chi connectivity index (χ4v) is 16.1. The number of pyridine rings is 1. The number of benzene rings is 3. The number of rotatable bonds is 36. The van der Waals surface area contributed by atoms with E-state index in [-0.39, 0.29) is 42.3 Å². The molecule has 8 fully saturated rings. The number of Topliss-reactive ketones (excluding diaryl/α,β-unsaturated/α-hetero) is 2. The average molecular weight is 1650 g/mol. The van der Waals surface area contributed by atoms with Crippen molar-refractivity contribution in [2.75, 3.05) is 45.9 Å². The summed E-state index contributed by atoms with van der Waals surface area (Å²) in [6.07, 6.45) is 22.4. The van der Waals surface area contributed by atoms with Crippen molar-refractivity contribution in [2.24, 2.45) is 17.8 Å². The van der Waals surface area contributed by atoms with Gasteiger partial charge in [-0.2, -0.15) is 0 Å². The lowest BCUT2D eigenvalue weighted by Crippen LogP contribution is -2.50. The number of hydrogen-bond acceptors (Lipinski definition) is 18. The zero-order chi connectivity index (χ0) is 86.4. The van der Waals surface area contributed by atoms with Crippen molar-refractivity contribution < 1.29 is 51.5 Å². The molecule has 1 aromatic heterocycles. The molecule has 2 aliphatic heterocycles. The number of piperidine rings is 2. The van der Waals surface area contributed by atoms with Gasteiger partial charge in [-0.1, -0.05) is 178 Å². The van der Waals surface area contributed by atoms with Crippen molar-refractivity contribution in [3.8, 4) is 28.9 Å². The van der Waals surface area contributed by atoms with E-state index >= 15 is 0 Å². The molecule has 20 heteroatoms. The molecule has 0 atom stereocenters. The first-order valence-electron chi connectivity index (χ1n) is 46.2. The Morgan fingerprint density at radius 2 is 0.720 bits per heavy atom. The van der Waals surface area contributed by atoms with Crippen LogP contribution in [0.25, 0.3) is 0 Å². The van der Waals surface area contributed by atoms with Crippen LogP contribution in [0, 0.1) is 29.4 Å². The van der Waals surface area contributed by atoms with E-state index < -0.39 is 5.82 Å². The smallest absolute Gasteiger partial charge is 0.213 e. The van der Waals surface area contributed by atoms with Crippen LogP contribution in [0.1, 0.15) is 303 Å². The minimum atomic E-state index is -0.425. The Labute approximate surface area is 713 Å². The van der Waals surface area contributed by atoms with Crippen molar-refractivity contribution >= 4 is 11.6 Å². The van der Waals surface area contributed by atoms with Gasteiger partial charge in [0.1, 0.15) is 71.4 Å². The summed E-state index contributed by atoms with van der Waals surface area (Å²) in [5, 5.41) is 21.1. The lowest BCUT2D eigenvalue weighted by Gasteiger charge is -2.41. The van der Waals surface area contributed by atoms with E-state index in [9.17, 15) is 18.4 Å². The van der Waals surface area contributed by atoms with Crippen LogP contribution in [-0.4, -0.2) is 194 Å².